The normalized spacial score (nSPS) is 14.7. The fraction of sp³-hybridized carbons (Fsp3) is 0.438. The Balaban J connectivity index is 1.75. The van der Waals surface area contributed by atoms with Crippen LogP contribution in [-0.4, -0.2) is 48.4 Å². The lowest BCUT2D eigenvalue weighted by Crippen LogP contribution is -2.20. The molecule has 0 spiro atoms. The highest BCUT2D eigenvalue weighted by Crippen LogP contribution is 2.24. The molecule has 0 aliphatic carbocycles. The lowest BCUT2D eigenvalue weighted by atomic mass is 10.2. The van der Waals surface area contributed by atoms with E-state index in [1.807, 2.05) is 25.4 Å². The highest BCUT2D eigenvalue weighted by atomic mass is 32.2. The van der Waals surface area contributed by atoms with Gasteiger partial charge in [0.2, 0.25) is 11.1 Å². The molecule has 1 aliphatic heterocycles. The number of thioether (sulfide) groups is 1. The standard InChI is InChI=1S/C16H19N7S/c1-3-24-16-20-15-18-10-12(11(2)23(15)21-16)13-6-7-17-14(19-13)22-8-4-5-9-22/h6-7,10H,3-5,8-9H2,1-2H3. The third-order valence-corrected chi connectivity index (χ3v) is 4.89. The van der Waals surface area contributed by atoms with Gasteiger partial charge < -0.3 is 4.90 Å². The zero-order valence-corrected chi connectivity index (χ0v) is 14.6. The Labute approximate surface area is 144 Å². The first-order valence-electron chi connectivity index (χ1n) is 8.20. The summed E-state index contributed by atoms with van der Waals surface area (Å²) in [5.74, 6) is 2.36. The van der Waals surface area contributed by atoms with Crippen LogP contribution in [-0.2, 0) is 0 Å². The van der Waals surface area contributed by atoms with E-state index < -0.39 is 0 Å². The van der Waals surface area contributed by atoms with Crippen molar-refractivity contribution in [2.24, 2.45) is 0 Å². The van der Waals surface area contributed by atoms with E-state index in [0.717, 1.165) is 46.9 Å². The van der Waals surface area contributed by atoms with Gasteiger partial charge in [-0.3, -0.25) is 0 Å². The first kappa shape index (κ1) is 15.3. The van der Waals surface area contributed by atoms with E-state index in [1.54, 1.807) is 16.3 Å². The van der Waals surface area contributed by atoms with Crippen LogP contribution in [0.5, 0.6) is 0 Å². The summed E-state index contributed by atoms with van der Waals surface area (Å²) in [5.41, 5.74) is 2.82. The summed E-state index contributed by atoms with van der Waals surface area (Å²) >= 11 is 1.62. The third-order valence-electron chi connectivity index (χ3n) is 4.17. The quantitative estimate of drug-likeness (QED) is 0.675. The maximum Gasteiger partial charge on any atom is 0.253 e. The van der Waals surface area contributed by atoms with E-state index >= 15 is 0 Å². The molecule has 7 nitrogen and oxygen atoms in total. The van der Waals surface area contributed by atoms with Crippen LogP contribution in [0.1, 0.15) is 25.5 Å². The smallest absolute Gasteiger partial charge is 0.253 e. The molecule has 4 heterocycles. The first-order valence-corrected chi connectivity index (χ1v) is 9.18. The fourth-order valence-corrected chi connectivity index (χ4v) is 3.48. The van der Waals surface area contributed by atoms with Crippen LogP contribution in [0.25, 0.3) is 17.0 Å². The predicted octanol–water partition coefficient (Wildman–Crippen LogP) is 2.60. The molecule has 1 aliphatic rings. The number of aryl methyl sites for hydroxylation is 1. The zero-order valence-electron chi connectivity index (χ0n) is 13.8. The maximum atomic E-state index is 4.74. The molecule has 3 aromatic heterocycles. The summed E-state index contributed by atoms with van der Waals surface area (Å²) < 4.78 is 1.80. The average molecular weight is 341 g/mol. The van der Waals surface area contributed by atoms with Crippen molar-refractivity contribution in [3.05, 3.63) is 24.2 Å². The molecule has 4 rings (SSSR count). The number of hydrogen-bond donors (Lipinski definition) is 0. The Kier molecular flexibility index (Phi) is 4.05. The SMILES string of the molecule is CCSc1nc2ncc(-c3ccnc(N4CCCC4)n3)c(C)n2n1. The number of aromatic nitrogens is 6. The Morgan fingerprint density at radius 3 is 2.79 bits per heavy atom. The summed E-state index contributed by atoms with van der Waals surface area (Å²) in [6.07, 6.45) is 6.06. The van der Waals surface area contributed by atoms with Crippen LogP contribution < -0.4 is 4.90 Å². The van der Waals surface area contributed by atoms with E-state index in [1.165, 1.54) is 12.8 Å². The molecule has 124 valence electrons. The van der Waals surface area contributed by atoms with Crippen LogP contribution in [0.3, 0.4) is 0 Å². The summed E-state index contributed by atoms with van der Waals surface area (Å²) in [5, 5.41) is 5.30. The lowest BCUT2D eigenvalue weighted by molar-refractivity contribution is 0.847. The minimum absolute atomic E-state index is 0.626. The molecule has 3 aromatic rings. The minimum atomic E-state index is 0.626. The maximum absolute atomic E-state index is 4.74. The molecule has 0 radical (unpaired) electrons. The van der Waals surface area contributed by atoms with Gasteiger partial charge in [-0.15, -0.1) is 5.10 Å². The molecule has 0 atom stereocenters. The van der Waals surface area contributed by atoms with Crippen molar-refractivity contribution in [2.45, 2.75) is 31.8 Å². The number of anilines is 1. The molecule has 0 amide bonds. The Hall–Kier alpha value is -2.22. The summed E-state index contributed by atoms with van der Waals surface area (Å²) in [6.45, 7) is 6.17. The Morgan fingerprint density at radius 2 is 2.00 bits per heavy atom. The third kappa shape index (κ3) is 2.71. The van der Waals surface area contributed by atoms with Crippen molar-refractivity contribution >= 4 is 23.5 Å². The average Bonchev–Trinajstić information content (AvgIpc) is 3.25. The number of fused-ring (bicyclic) bond motifs is 1. The van der Waals surface area contributed by atoms with E-state index in [0.29, 0.717) is 5.78 Å². The predicted molar refractivity (Wildman–Crippen MR) is 94.4 cm³/mol. The Bertz CT molecular complexity index is 870. The lowest BCUT2D eigenvalue weighted by Gasteiger charge is -2.15. The van der Waals surface area contributed by atoms with Gasteiger partial charge in [0, 0.05) is 31.0 Å². The summed E-state index contributed by atoms with van der Waals surface area (Å²) in [6, 6.07) is 1.92. The van der Waals surface area contributed by atoms with Crippen molar-refractivity contribution < 1.29 is 0 Å². The molecule has 1 saturated heterocycles. The molecular formula is C16H19N7S. The van der Waals surface area contributed by atoms with Gasteiger partial charge in [0.1, 0.15) is 0 Å². The first-order chi connectivity index (χ1) is 11.8. The second-order valence-corrected chi connectivity index (χ2v) is 6.96. The van der Waals surface area contributed by atoms with Crippen LogP contribution in [0, 0.1) is 6.92 Å². The number of hydrogen-bond acceptors (Lipinski definition) is 7. The van der Waals surface area contributed by atoms with Crippen LogP contribution >= 0.6 is 11.8 Å². The van der Waals surface area contributed by atoms with Crippen molar-refractivity contribution in [1.82, 2.24) is 29.5 Å². The van der Waals surface area contributed by atoms with Gasteiger partial charge in [0.25, 0.3) is 5.78 Å². The fourth-order valence-electron chi connectivity index (χ4n) is 2.93. The van der Waals surface area contributed by atoms with Gasteiger partial charge in [0.05, 0.1) is 11.4 Å². The molecular weight excluding hydrogens is 322 g/mol. The molecule has 0 saturated carbocycles. The van der Waals surface area contributed by atoms with Crippen molar-refractivity contribution in [2.75, 3.05) is 23.7 Å². The van der Waals surface area contributed by atoms with Gasteiger partial charge in [-0.1, -0.05) is 18.7 Å². The molecule has 0 unspecified atom stereocenters. The number of nitrogens with zero attached hydrogens (tertiary/aromatic N) is 7. The minimum Gasteiger partial charge on any atom is -0.341 e. The molecule has 1 fully saturated rings. The van der Waals surface area contributed by atoms with Crippen LogP contribution in [0.15, 0.2) is 23.6 Å². The zero-order chi connectivity index (χ0) is 16.5. The highest BCUT2D eigenvalue weighted by Gasteiger charge is 2.17. The molecule has 0 bridgehead atoms. The van der Waals surface area contributed by atoms with Crippen molar-refractivity contribution in [1.29, 1.82) is 0 Å². The topological polar surface area (TPSA) is 72.1 Å². The van der Waals surface area contributed by atoms with Crippen molar-refractivity contribution in [3.63, 3.8) is 0 Å². The summed E-state index contributed by atoms with van der Waals surface area (Å²) in [7, 11) is 0. The molecule has 0 aromatic carbocycles. The molecule has 0 N–H and O–H groups in total. The van der Waals surface area contributed by atoms with Gasteiger partial charge in [-0.05, 0) is 31.6 Å². The van der Waals surface area contributed by atoms with Crippen LogP contribution in [0.2, 0.25) is 0 Å². The van der Waals surface area contributed by atoms with Crippen LogP contribution in [0.4, 0.5) is 5.95 Å². The largest absolute Gasteiger partial charge is 0.341 e. The van der Waals surface area contributed by atoms with E-state index in [9.17, 15) is 0 Å². The second-order valence-electron chi connectivity index (χ2n) is 5.73. The molecule has 24 heavy (non-hydrogen) atoms. The van der Waals surface area contributed by atoms with Gasteiger partial charge >= 0.3 is 0 Å². The second kappa shape index (κ2) is 6.35. The van der Waals surface area contributed by atoms with E-state index in [4.69, 9.17) is 4.98 Å². The highest BCUT2D eigenvalue weighted by molar-refractivity contribution is 7.99. The van der Waals surface area contributed by atoms with Gasteiger partial charge in [0.15, 0.2) is 0 Å². The monoisotopic (exact) mass is 341 g/mol. The Morgan fingerprint density at radius 1 is 1.17 bits per heavy atom. The van der Waals surface area contributed by atoms with E-state index in [-0.39, 0.29) is 0 Å². The van der Waals surface area contributed by atoms with Gasteiger partial charge in [-0.2, -0.15) is 9.50 Å². The molecule has 8 heteroatoms. The summed E-state index contributed by atoms with van der Waals surface area (Å²) in [4.78, 5) is 20.3. The van der Waals surface area contributed by atoms with Gasteiger partial charge in [-0.25, -0.2) is 15.0 Å². The number of rotatable bonds is 4. The van der Waals surface area contributed by atoms with Crippen molar-refractivity contribution in [3.8, 4) is 11.3 Å². The van der Waals surface area contributed by atoms with E-state index in [2.05, 4.69) is 31.9 Å².